The van der Waals surface area contributed by atoms with E-state index in [0.717, 1.165) is 10.4 Å². The molecule has 3 heterocycles. The van der Waals surface area contributed by atoms with Gasteiger partial charge in [0.1, 0.15) is 11.5 Å². The van der Waals surface area contributed by atoms with Crippen LogP contribution < -0.4 is 14.8 Å². The van der Waals surface area contributed by atoms with Gasteiger partial charge in [0, 0.05) is 17.9 Å². The van der Waals surface area contributed by atoms with E-state index in [1.807, 2.05) is 18.2 Å². The van der Waals surface area contributed by atoms with Crippen LogP contribution in [0.25, 0.3) is 11.3 Å². The number of ether oxygens (including phenoxy) is 2. The van der Waals surface area contributed by atoms with E-state index in [1.54, 1.807) is 12.1 Å². The van der Waals surface area contributed by atoms with E-state index in [-0.39, 0.29) is 24.4 Å². The Morgan fingerprint density at radius 2 is 2.04 bits per heavy atom. The standard InChI is InChI=1S/C19H13FN2O3S/c20-12-3-1-2-11(6-12)17-18-19(26-22-17)13(8-16(23)21-18)10-4-5-14-15(7-10)25-9-24-14/h1-7,13H,8-9H2,(H,21,23)/t13-/m1/s1. The van der Waals surface area contributed by atoms with Crippen LogP contribution in [0, 0.1) is 5.82 Å². The van der Waals surface area contributed by atoms with E-state index in [1.165, 1.54) is 23.7 Å². The lowest BCUT2D eigenvalue weighted by molar-refractivity contribution is -0.116. The van der Waals surface area contributed by atoms with Gasteiger partial charge in [0.15, 0.2) is 11.5 Å². The van der Waals surface area contributed by atoms with Crippen molar-refractivity contribution in [1.82, 2.24) is 4.37 Å². The van der Waals surface area contributed by atoms with E-state index in [4.69, 9.17) is 9.47 Å². The van der Waals surface area contributed by atoms with E-state index >= 15 is 0 Å². The first-order valence-corrected chi connectivity index (χ1v) is 8.91. The maximum Gasteiger partial charge on any atom is 0.231 e. The maximum absolute atomic E-state index is 13.6. The highest BCUT2D eigenvalue weighted by Gasteiger charge is 2.32. The fourth-order valence-corrected chi connectivity index (χ4v) is 4.33. The zero-order chi connectivity index (χ0) is 17.7. The number of nitrogens with zero attached hydrogens (tertiary/aromatic N) is 1. The van der Waals surface area contributed by atoms with Crippen molar-refractivity contribution in [1.29, 1.82) is 0 Å². The van der Waals surface area contributed by atoms with Gasteiger partial charge in [0.25, 0.3) is 0 Å². The van der Waals surface area contributed by atoms with Crippen molar-refractivity contribution >= 4 is 23.1 Å². The molecule has 5 nitrogen and oxygen atoms in total. The molecule has 0 saturated carbocycles. The molecule has 1 amide bonds. The molecule has 5 rings (SSSR count). The van der Waals surface area contributed by atoms with Crippen LogP contribution in [0.4, 0.5) is 10.1 Å². The highest BCUT2D eigenvalue weighted by atomic mass is 32.1. The number of fused-ring (bicyclic) bond motifs is 2. The number of benzene rings is 2. The molecule has 2 aliphatic rings. The van der Waals surface area contributed by atoms with Crippen LogP contribution >= 0.6 is 11.5 Å². The number of carbonyl (C=O) groups is 1. The molecule has 0 radical (unpaired) electrons. The molecule has 0 fully saturated rings. The summed E-state index contributed by atoms with van der Waals surface area (Å²) in [6.07, 6.45) is 0.331. The molecule has 0 spiro atoms. The van der Waals surface area contributed by atoms with Gasteiger partial charge in [-0.3, -0.25) is 4.79 Å². The first kappa shape index (κ1) is 15.3. The molecule has 0 bridgehead atoms. The molecule has 130 valence electrons. The zero-order valence-electron chi connectivity index (χ0n) is 13.5. The summed E-state index contributed by atoms with van der Waals surface area (Å²) in [6.45, 7) is 0.208. The maximum atomic E-state index is 13.6. The van der Waals surface area contributed by atoms with Crippen LogP contribution in [-0.2, 0) is 4.79 Å². The Kier molecular flexibility index (Phi) is 3.43. The quantitative estimate of drug-likeness (QED) is 0.738. The molecule has 3 aromatic rings. The van der Waals surface area contributed by atoms with Gasteiger partial charge in [-0.25, -0.2) is 4.39 Å². The van der Waals surface area contributed by atoms with Gasteiger partial charge in [0.2, 0.25) is 12.7 Å². The van der Waals surface area contributed by atoms with Crippen LogP contribution in [0.5, 0.6) is 11.5 Å². The average Bonchev–Trinajstić information content (AvgIpc) is 3.27. The molecule has 7 heteroatoms. The van der Waals surface area contributed by atoms with Gasteiger partial charge in [-0.1, -0.05) is 18.2 Å². The Bertz CT molecular complexity index is 1030. The largest absolute Gasteiger partial charge is 0.454 e. The van der Waals surface area contributed by atoms with Gasteiger partial charge in [-0.15, -0.1) is 0 Å². The summed E-state index contributed by atoms with van der Waals surface area (Å²) in [7, 11) is 0. The predicted molar refractivity (Wildman–Crippen MR) is 95.2 cm³/mol. The lowest BCUT2D eigenvalue weighted by Crippen LogP contribution is -2.22. The fraction of sp³-hybridized carbons (Fsp3) is 0.158. The number of halogens is 1. The van der Waals surface area contributed by atoms with Crippen molar-refractivity contribution in [3.8, 4) is 22.8 Å². The first-order chi connectivity index (χ1) is 12.7. The Hall–Kier alpha value is -2.93. The molecular weight excluding hydrogens is 355 g/mol. The minimum absolute atomic E-state index is 0.0852. The zero-order valence-corrected chi connectivity index (χ0v) is 14.3. The number of carbonyl (C=O) groups excluding carboxylic acids is 1. The summed E-state index contributed by atoms with van der Waals surface area (Å²) in [5.41, 5.74) is 2.89. The summed E-state index contributed by atoms with van der Waals surface area (Å²) >= 11 is 1.33. The highest BCUT2D eigenvalue weighted by Crippen LogP contribution is 2.46. The van der Waals surface area contributed by atoms with Crippen molar-refractivity contribution in [2.75, 3.05) is 12.1 Å². The Morgan fingerprint density at radius 1 is 1.15 bits per heavy atom. The van der Waals surface area contributed by atoms with E-state index in [0.29, 0.717) is 34.9 Å². The topological polar surface area (TPSA) is 60.5 Å². The monoisotopic (exact) mass is 368 g/mol. The summed E-state index contributed by atoms with van der Waals surface area (Å²) in [5.74, 6) is 0.855. The van der Waals surface area contributed by atoms with Crippen LogP contribution in [0.1, 0.15) is 22.8 Å². The lowest BCUT2D eigenvalue weighted by Gasteiger charge is -2.23. The third-order valence-corrected chi connectivity index (χ3v) is 5.55. The molecule has 2 aromatic carbocycles. The number of hydrogen-bond acceptors (Lipinski definition) is 5. The number of nitrogens with one attached hydrogen (secondary N) is 1. The van der Waals surface area contributed by atoms with E-state index in [2.05, 4.69) is 9.69 Å². The van der Waals surface area contributed by atoms with Crippen molar-refractivity contribution in [2.45, 2.75) is 12.3 Å². The van der Waals surface area contributed by atoms with Crippen LogP contribution in [0.2, 0.25) is 0 Å². The van der Waals surface area contributed by atoms with Gasteiger partial charge in [0.05, 0.1) is 10.6 Å². The molecule has 1 N–H and O–H groups in total. The minimum atomic E-state index is -0.335. The summed E-state index contributed by atoms with van der Waals surface area (Å²) in [5, 5.41) is 2.91. The second kappa shape index (κ2) is 5.81. The summed E-state index contributed by atoms with van der Waals surface area (Å²) in [4.78, 5) is 13.3. The number of hydrogen-bond donors (Lipinski definition) is 1. The molecule has 2 aliphatic heterocycles. The summed E-state index contributed by atoms with van der Waals surface area (Å²) in [6, 6.07) is 11.9. The Balaban J connectivity index is 1.60. The van der Waals surface area contributed by atoms with Gasteiger partial charge < -0.3 is 14.8 Å². The smallest absolute Gasteiger partial charge is 0.231 e. The lowest BCUT2D eigenvalue weighted by atomic mass is 9.89. The van der Waals surface area contributed by atoms with Crippen molar-refractivity contribution in [2.24, 2.45) is 0 Å². The van der Waals surface area contributed by atoms with Crippen molar-refractivity contribution in [3.05, 3.63) is 58.7 Å². The number of aromatic nitrogens is 1. The first-order valence-electron chi connectivity index (χ1n) is 8.14. The van der Waals surface area contributed by atoms with Crippen LogP contribution in [-0.4, -0.2) is 17.1 Å². The summed E-state index contributed by atoms with van der Waals surface area (Å²) < 4.78 is 28.9. The Morgan fingerprint density at radius 3 is 2.92 bits per heavy atom. The molecule has 26 heavy (non-hydrogen) atoms. The van der Waals surface area contributed by atoms with Gasteiger partial charge >= 0.3 is 0 Å². The SMILES string of the molecule is O=C1C[C@H](c2ccc3c(c2)OCO3)c2snc(-c3cccc(F)c3)c2N1. The van der Waals surface area contributed by atoms with Gasteiger partial charge in [-0.2, -0.15) is 4.37 Å². The molecule has 0 saturated heterocycles. The highest BCUT2D eigenvalue weighted by molar-refractivity contribution is 7.07. The van der Waals surface area contributed by atoms with E-state index < -0.39 is 0 Å². The molecule has 1 atom stereocenters. The third kappa shape index (κ3) is 2.43. The average molecular weight is 368 g/mol. The van der Waals surface area contributed by atoms with Crippen molar-refractivity contribution in [3.63, 3.8) is 0 Å². The van der Waals surface area contributed by atoms with E-state index in [9.17, 15) is 9.18 Å². The predicted octanol–water partition coefficient (Wildman–Crippen LogP) is 4.15. The number of anilines is 1. The number of amides is 1. The second-order valence-corrected chi connectivity index (χ2v) is 7.00. The second-order valence-electron chi connectivity index (χ2n) is 6.20. The minimum Gasteiger partial charge on any atom is -0.454 e. The Labute approximate surface area is 152 Å². The third-order valence-electron chi connectivity index (χ3n) is 4.59. The molecule has 0 unspecified atom stereocenters. The molecule has 1 aromatic heterocycles. The number of rotatable bonds is 2. The van der Waals surface area contributed by atoms with Crippen molar-refractivity contribution < 1.29 is 18.7 Å². The fourth-order valence-electron chi connectivity index (χ4n) is 3.36. The van der Waals surface area contributed by atoms with Crippen LogP contribution in [0.3, 0.4) is 0 Å². The van der Waals surface area contributed by atoms with Crippen LogP contribution in [0.15, 0.2) is 42.5 Å². The molecular formula is C19H13FN2O3S. The van der Waals surface area contributed by atoms with Gasteiger partial charge in [-0.05, 0) is 41.4 Å². The molecule has 0 aliphatic carbocycles. The normalized spacial score (nSPS) is 17.7.